The predicted molar refractivity (Wildman–Crippen MR) is 68.6 cm³/mol. The van der Waals surface area contributed by atoms with Gasteiger partial charge in [0.25, 0.3) is 11.6 Å². The minimum atomic E-state index is -1.49. The first kappa shape index (κ1) is 15.0. The third-order valence-electron chi connectivity index (χ3n) is 2.44. The Labute approximate surface area is 122 Å². The summed E-state index contributed by atoms with van der Waals surface area (Å²) in [7, 11) is 0. The number of rotatable bonds is 5. The van der Waals surface area contributed by atoms with Crippen LogP contribution in [0.1, 0.15) is 11.9 Å². The molecule has 0 saturated carbocycles. The van der Waals surface area contributed by atoms with E-state index in [0.717, 1.165) is 12.1 Å². The highest BCUT2D eigenvalue weighted by atomic mass is 16.7. The molecule has 10 nitrogen and oxygen atoms in total. The van der Waals surface area contributed by atoms with Crippen molar-refractivity contribution in [1.82, 2.24) is 5.16 Å². The zero-order valence-electron chi connectivity index (χ0n) is 10.9. The molecule has 1 atom stereocenters. The number of hydrogen-bond donors (Lipinski definition) is 1. The molecule has 0 spiro atoms. The van der Waals surface area contributed by atoms with Crippen molar-refractivity contribution < 1.29 is 28.5 Å². The second-order valence-electron chi connectivity index (χ2n) is 3.92. The van der Waals surface area contributed by atoms with Gasteiger partial charge in [-0.3, -0.25) is 14.9 Å². The number of nitrogens with zero attached hydrogens (tertiary/aromatic N) is 2. The van der Waals surface area contributed by atoms with E-state index in [1.807, 2.05) is 0 Å². The van der Waals surface area contributed by atoms with Gasteiger partial charge < -0.3 is 19.7 Å². The summed E-state index contributed by atoms with van der Waals surface area (Å²) in [5.41, 5.74) is 4.92. The fourth-order valence-corrected chi connectivity index (χ4v) is 1.47. The van der Waals surface area contributed by atoms with Gasteiger partial charge in [-0.25, -0.2) is 4.79 Å². The van der Waals surface area contributed by atoms with Crippen LogP contribution in [0.5, 0.6) is 5.75 Å². The van der Waals surface area contributed by atoms with Gasteiger partial charge in [0.15, 0.2) is 5.76 Å². The number of aromatic nitrogens is 1. The average molecular weight is 307 g/mol. The van der Waals surface area contributed by atoms with Crippen molar-refractivity contribution >= 4 is 17.7 Å². The zero-order chi connectivity index (χ0) is 16.1. The van der Waals surface area contributed by atoms with Gasteiger partial charge in [0.2, 0.25) is 6.10 Å². The van der Waals surface area contributed by atoms with Gasteiger partial charge in [-0.15, -0.1) is 0 Å². The van der Waals surface area contributed by atoms with Crippen molar-refractivity contribution in [2.75, 3.05) is 0 Å². The molecule has 22 heavy (non-hydrogen) atoms. The lowest BCUT2D eigenvalue weighted by Crippen LogP contribution is -2.27. The van der Waals surface area contributed by atoms with Crippen molar-refractivity contribution in [3.05, 3.63) is 52.4 Å². The van der Waals surface area contributed by atoms with Crippen LogP contribution in [-0.4, -0.2) is 22.1 Å². The number of benzene rings is 1. The van der Waals surface area contributed by atoms with E-state index in [1.165, 1.54) is 24.4 Å². The van der Waals surface area contributed by atoms with E-state index in [4.69, 9.17) is 19.7 Å². The number of amides is 1. The van der Waals surface area contributed by atoms with Crippen LogP contribution in [0.25, 0.3) is 0 Å². The Bertz CT molecular complexity index is 681. The molecule has 1 aromatic carbocycles. The van der Waals surface area contributed by atoms with Crippen LogP contribution >= 0.6 is 0 Å². The standard InChI is InChI=1S/C12H9N3O7/c13-11(16)10(9-5-6-14-22-9)21-12(17)20-8-3-1-7(2-4-8)15(18)19/h1-6,10H,(H2,13,16). The molecule has 2 aromatic rings. The predicted octanol–water partition coefficient (Wildman–Crippen LogP) is 1.32. The van der Waals surface area contributed by atoms with Crippen LogP contribution in [-0.2, 0) is 9.53 Å². The monoisotopic (exact) mass is 307 g/mol. The lowest BCUT2D eigenvalue weighted by molar-refractivity contribution is -0.384. The molecule has 1 amide bonds. The van der Waals surface area contributed by atoms with E-state index < -0.39 is 23.1 Å². The smallest absolute Gasteiger partial charge is 0.412 e. The summed E-state index contributed by atoms with van der Waals surface area (Å²) in [5.74, 6) is -1.04. The summed E-state index contributed by atoms with van der Waals surface area (Å²) in [5, 5.41) is 13.9. The molecule has 10 heteroatoms. The van der Waals surface area contributed by atoms with E-state index in [1.54, 1.807) is 0 Å². The summed E-state index contributed by atoms with van der Waals surface area (Å²) >= 11 is 0. The van der Waals surface area contributed by atoms with Crippen LogP contribution in [0.2, 0.25) is 0 Å². The summed E-state index contributed by atoms with van der Waals surface area (Å²) in [6.45, 7) is 0. The van der Waals surface area contributed by atoms with E-state index >= 15 is 0 Å². The van der Waals surface area contributed by atoms with Crippen molar-refractivity contribution in [2.24, 2.45) is 5.73 Å². The lowest BCUT2D eigenvalue weighted by atomic mass is 10.2. The Morgan fingerprint density at radius 1 is 1.27 bits per heavy atom. The van der Waals surface area contributed by atoms with Crippen LogP contribution in [0.3, 0.4) is 0 Å². The molecule has 2 rings (SSSR count). The third-order valence-corrected chi connectivity index (χ3v) is 2.44. The van der Waals surface area contributed by atoms with E-state index in [9.17, 15) is 19.7 Å². The summed E-state index contributed by atoms with van der Waals surface area (Å²) in [4.78, 5) is 32.7. The molecule has 0 aliphatic rings. The van der Waals surface area contributed by atoms with Crippen LogP contribution < -0.4 is 10.5 Å². The Kier molecular flexibility index (Phi) is 4.32. The zero-order valence-corrected chi connectivity index (χ0v) is 10.9. The van der Waals surface area contributed by atoms with Gasteiger partial charge in [0, 0.05) is 18.2 Å². The number of nitrogens with two attached hydrogens (primary N) is 1. The molecule has 114 valence electrons. The minimum Gasteiger partial charge on any atom is -0.412 e. The van der Waals surface area contributed by atoms with Crippen molar-refractivity contribution in [1.29, 1.82) is 0 Å². The summed E-state index contributed by atoms with van der Waals surface area (Å²) < 4.78 is 14.2. The normalized spacial score (nSPS) is 11.5. The molecule has 1 aromatic heterocycles. The van der Waals surface area contributed by atoms with Gasteiger partial charge in [-0.05, 0) is 12.1 Å². The number of carbonyl (C=O) groups is 2. The maximum absolute atomic E-state index is 11.6. The first-order valence-corrected chi connectivity index (χ1v) is 5.80. The van der Waals surface area contributed by atoms with Crippen molar-refractivity contribution in [2.45, 2.75) is 6.10 Å². The van der Waals surface area contributed by atoms with Gasteiger partial charge in [-0.2, -0.15) is 0 Å². The number of hydrogen-bond acceptors (Lipinski definition) is 8. The quantitative estimate of drug-likeness (QED) is 0.376. The average Bonchev–Trinajstić information content (AvgIpc) is 2.99. The SMILES string of the molecule is NC(=O)C(OC(=O)Oc1ccc([N+](=O)[O-])cc1)c1ccno1. The van der Waals surface area contributed by atoms with Gasteiger partial charge in [0.05, 0.1) is 11.1 Å². The molecule has 0 fully saturated rings. The summed E-state index contributed by atoms with van der Waals surface area (Å²) in [6, 6.07) is 5.99. The highest BCUT2D eigenvalue weighted by Gasteiger charge is 2.27. The molecule has 1 unspecified atom stereocenters. The fraction of sp³-hybridized carbons (Fsp3) is 0.0833. The van der Waals surface area contributed by atoms with Crippen LogP contribution in [0.4, 0.5) is 10.5 Å². The Hall–Kier alpha value is -3.43. The summed E-state index contributed by atoms with van der Waals surface area (Å²) in [6.07, 6.45) is -1.47. The van der Waals surface area contributed by atoms with Gasteiger partial charge >= 0.3 is 6.16 Å². The molecule has 1 heterocycles. The van der Waals surface area contributed by atoms with Crippen LogP contribution in [0.15, 0.2) is 41.1 Å². The van der Waals surface area contributed by atoms with Crippen LogP contribution in [0, 0.1) is 10.1 Å². The Morgan fingerprint density at radius 2 is 1.95 bits per heavy atom. The molecule has 2 N–H and O–H groups in total. The molecule has 0 bridgehead atoms. The van der Waals surface area contributed by atoms with E-state index in [0.29, 0.717) is 0 Å². The first-order chi connectivity index (χ1) is 10.5. The first-order valence-electron chi connectivity index (χ1n) is 5.80. The number of non-ortho nitro benzene ring substituents is 1. The van der Waals surface area contributed by atoms with E-state index in [2.05, 4.69) is 5.16 Å². The minimum absolute atomic E-state index is 0.00334. The largest absolute Gasteiger partial charge is 0.515 e. The molecular weight excluding hydrogens is 298 g/mol. The molecular formula is C12H9N3O7. The number of nitro benzene ring substituents is 1. The maximum atomic E-state index is 11.6. The highest BCUT2D eigenvalue weighted by Crippen LogP contribution is 2.20. The molecule has 0 radical (unpaired) electrons. The number of ether oxygens (including phenoxy) is 2. The van der Waals surface area contributed by atoms with E-state index in [-0.39, 0.29) is 17.2 Å². The van der Waals surface area contributed by atoms with Gasteiger partial charge in [0.1, 0.15) is 5.75 Å². The highest BCUT2D eigenvalue weighted by molar-refractivity contribution is 5.82. The van der Waals surface area contributed by atoms with Crippen molar-refractivity contribution in [3.63, 3.8) is 0 Å². The topological polar surface area (TPSA) is 148 Å². The van der Waals surface area contributed by atoms with Gasteiger partial charge in [-0.1, -0.05) is 5.16 Å². The fourth-order valence-electron chi connectivity index (χ4n) is 1.47. The maximum Gasteiger partial charge on any atom is 0.515 e. The molecule has 0 aliphatic heterocycles. The second kappa shape index (κ2) is 6.35. The number of carbonyl (C=O) groups excluding carboxylic acids is 2. The van der Waals surface area contributed by atoms with Crippen molar-refractivity contribution in [3.8, 4) is 5.75 Å². The molecule has 0 saturated heterocycles. The third kappa shape index (κ3) is 3.56. The molecule has 0 aliphatic carbocycles. The Balaban J connectivity index is 2.02. The number of nitro groups is 1. The lowest BCUT2D eigenvalue weighted by Gasteiger charge is -2.11. The number of primary amides is 1. The Morgan fingerprint density at radius 3 is 2.45 bits per heavy atom. The second-order valence-corrected chi connectivity index (χ2v) is 3.92.